The zero-order valence-electron chi connectivity index (χ0n) is 49.7. The third-order valence-corrected chi connectivity index (χ3v) is 22.0. The van der Waals surface area contributed by atoms with Crippen LogP contribution in [0.25, 0.3) is 0 Å². The summed E-state index contributed by atoms with van der Waals surface area (Å²) in [5.74, 6) is -6.00. The summed E-state index contributed by atoms with van der Waals surface area (Å²) in [4.78, 5) is 63.5. The molecule has 4 aliphatic heterocycles. The van der Waals surface area contributed by atoms with Crippen LogP contribution in [0, 0.1) is 51.0 Å². The number of hydrogen-bond acceptors (Lipinski definition) is 11. The minimum Gasteiger partial charge on any atom is -0.481 e. The molecule has 5 N–H and O–H groups in total. The van der Waals surface area contributed by atoms with Crippen molar-refractivity contribution in [3.05, 3.63) is 115 Å². The molecule has 12 rings (SSSR count). The molecule has 1 unspecified atom stereocenters. The van der Waals surface area contributed by atoms with Crippen LogP contribution < -0.4 is 16.4 Å². The number of ketones is 1. The quantitative estimate of drug-likeness (QED) is 0.110. The summed E-state index contributed by atoms with van der Waals surface area (Å²) in [6.45, 7) is 11.3. The predicted octanol–water partition coefficient (Wildman–Crippen LogP) is 14.3. The van der Waals surface area contributed by atoms with E-state index in [1.807, 2.05) is 6.07 Å². The number of methoxy groups -OCH3 is 2. The molecule has 14 nitrogen and oxygen atoms in total. The maximum atomic E-state index is 16.1. The molecule has 2 aromatic heterocycles. The smallest absolute Gasteiger partial charge is 0.307 e. The molecule has 4 aliphatic carbocycles. The summed E-state index contributed by atoms with van der Waals surface area (Å²) in [6.07, 6.45) is 14.5. The number of nitrogens with zero attached hydrogens (tertiary/aromatic N) is 2. The van der Waals surface area contributed by atoms with E-state index in [4.69, 9.17) is 71.1 Å². The molecule has 2 amide bonds. The number of nitrogens with two attached hydrogens (primary N) is 1. The number of carbonyl (C=O) groups is 4. The largest absolute Gasteiger partial charge is 0.481 e. The number of hydrogen-bond donors (Lipinski definition) is 4. The maximum Gasteiger partial charge on any atom is 0.307 e. The summed E-state index contributed by atoms with van der Waals surface area (Å²) >= 11 is 24.9. The fourth-order valence-electron chi connectivity index (χ4n) is 16.6. The van der Waals surface area contributed by atoms with Crippen molar-refractivity contribution in [1.82, 2.24) is 9.97 Å². The van der Waals surface area contributed by atoms with Crippen LogP contribution in [-0.2, 0) is 49.0 Å². The highest BCUT2D eigenvalue weighted by molar-refractivity contribution is 6.32. The van der Waals surface area contributed by atoms with Crippen LogP contribution >= 0.6 is 58.8 Å². The number of halogens is 7. The monoisotopic (exact) mass is 1290 g/mol. The van der Waals surface area contributed by atoms with Gasteiger partial charge in [0.25, 0.3) is 0 Å². The fourth-order valence-corrected chi connectivity index (χ4v) is 17.3. The number of carboxylic acid groups (broad SMARTS) is 1. The van der Waals surface area contributed by atoms with Crippen molar-refractivity contribution in [3.8, 4) is 0 Å². The van der Waals surface area contributed by atoms with E-state index in [-0.39, 0.29) is 92.9 Å². The molecule has 2 aromatic carbocycles. The third kappa shape index (κ3) is 12.0. The topological polar surface area (TPSA) is 201 Å². The van der Waals surface area contributed by atoms with E-state index in [1.165, 1.54) is 18.5 Å². The number of amides is 2. The molecule has 0 radical (unpaired) electrons. The molecule has 468 valence electrons. The van der Waals surface area contributed by atoms with Gasteiger partial charge in [0.05, 0.1) is 55.4 Å². The number of nitrogens with one attached hydrogen (secondary N) is 2. The Labute approximate surface area is 529 Å². The molecule has 2 saturated heterocycles. The summed E-state index contributed by atoms with van der Waals surface area (Å²) in [5, 5.41) is 16.8. The first-order valence-corrected chi connectivity index (χ1v) is 31.4. The van der Waals surface area contributed by atoms with Crippen molar-refractivity contribution in [3.63, 3.8) is 0 Å². The first-order valence-electron chi connectivity index (χ1n) is 29.9. The van der Waals surface area contributed by atoms with Gasteiger partial charge in [0, 0.05) is 78.2 Å². The highest BCUT2D eigenvalue weighted by Gasteiger charge is 2.74. The number of anilines is 2. The average Bonchev–Trinajstić information content (AvgIpc) is 1.51. The average molecular weight is 1290 g/mol. The van der Waals surface area contributed by atoms with Gasteiger partial charge in [-0.05, 0) is 176 Å². The van der Waals surface area contributed by atoms with Gasteiger partial charge in [0.15, 0.2) is 21.9 Å². The van der Waals surface area contributed by atoms with E-state index < -0.39 is 62.9 Å². The second-order valence-corrected chi connectivity index (χ2v) is 28.6. The van der Waals surface area contributed by atoms with Crippen molar-refractivity contribution < 1.29 is 52.0 Å². The molecular weight excluding hydrogens is 1210 g/mol. The van der Waals surface area contributed by atoms with E-state index in [0.717, 1.165) is 69.8 Å². The van der Waals surface area contributed by atoms with Crippen LogP contribution in [0.1, 0.15) is 158 Å². The predicted molar refractivity (Wildman–Crippen MR) is 331 cm³/mol. The maximum absolute atomic E-state index is 16.1. The second kappa shape index (κ2) is 26.0. The Morgan fingerprint density at radius 3 is 1.49 bits per heavy atom. The second-order valence-electron chi connectivity index (χ2n) is 27.0. The van der Waals surface area contributed by atoms with Crippen LogP contribution in [0.5, 0.6) is 0 Å². The highest BCUT2D eigenvalue weighted by atomic mass is 35.5. The van der Waals surface area contributed by atoms with Gasteiger partial charge in [0.1, 0.15) is 5.78 Å². The number of Topliss-reactive ketones (excluding diaryl/α,β-unsaturated/α-hetero) is 1. The van der Waals surface area contributed by atoms with Gasteiger partial charge in [-0.15, -0.1) is 12.4 Å². The number of fused-ring (bicyclic) bond motifs is 6. The SMILES string of the molecule is CC1(C)CCC2(CC1)C[C@@H](C(=O)O)[C@H](c1ccnc(Cl)c1F)C21C(=O)Nc2cc(Cl)ccc21.COC[C@@H]1CC[C@@H](CC(=O)[C@@H]2CC3(CCC(C)(C)CC3)[C@@]3(C(=O)Nc4cc(Cl)ccc43)[C@H]2c2ccnc(Cl)c2F)CO1.COC[C@@H]1CC[C@@H](N)CO1.Cl. The first kappa shape index (κ1) is 66.4. The lowest BCUT2D eigenvalue weighted by Crippen LogP contribution is -2.52. The highest BCUT2D eigenvalue weighted by Crippen LogP contribution is 2.74. The minimum absolute atomic E-state index is 0. The molecule has 8 aliphatic rings. The Kier molecular flexibility index (Phi) is 20.1. The van der Waals surface area contributed by atoms with Crippen LogP contribution in [0.3, 0.4) is 0 Å². The summed E-state index contributed by atoms with van der Waals surface area (Å²) < 4.78 is 53.1. The number of pyridine rings is 2. The lowest BCUT2D eigenvalue weighted by molar-refractivity contribution is -0.142. The lowest BCUT2D eigenvalue weighted by Gasteiger charge is -2.51. The lowest BCUT2D eigenvalue weighted by atomic mass is 9.51. The van der Waals surface area contributed by atoms with E-state index in [2.05, 4.69) is 48.3 Å². The zero-order valence-corrected chi connectivity index (χ0v) is 53.5. The molecular formula is C65H80Cl5F2N5O9. The number of carboxylic acids is 1. The summed E-state index contributed by atoms with van der Waals surface area (Å²) in [5.41, 5.74) is 5.36. The zero-order chi connectivity index (χ0) is 61.0. The Balaban J connectivity index is 0.000000178. The Hall–Kier alpha value is -4.07. The van der Waals surface area contributed by atoms with Crippen LogP contribution in [0.2, 0.25) is 20.4 Å². The van der Waals surface area contributed by atoms with Gasteiger partial charge in [-0.2, -0.15) is 0 Å². The Morgan fingerprint density at radius 1 is 0.651 bits per heavy atom. The molecule has 6 heterocycles. The number of carbonyl (C=O) groups excluding carboxylic acids is 3. The van der Waals surface area contributed by atoms with Crippen molar-refractivity contribution in [2.24, 2.45) is 45.1 Å². The third-order valence-electron chi connectivity index (χ3n) is 21.0. The summed E-state index contributed by atoms with van der Waals surface area (Å²) in [6, 6.07) is 14.0. The number of benzene rings is 2. The van der Waals surface area contributed by atoms with E-state index in [1.54, 1.807) is 50.6 Å². The molecule has 21 heteroatoms. The number of rotatable bonds is 10. The van der Waals surface area contributed by atoms with E-state index in [0.29, 0.717) is 79.1 Å². The van der Waals surface area contributed by atoms with Gasteiger partial charge in [-0.25, -0.2) is 18.7 Å². The summed E-state index contributed by atoms with van der Waals surface area (Å²) in [7, 11) is 3.35. The van der Waals surface area contributed by atoms with Gasteiger partial charge in [-0.3, -0.25) is 19.2 Å². The molecule has 86 heavy (non-hydrogen) atoms. The van der Waals surface area contributed by atoms with Crippen LogP contribution in [0.15, 0.2) is 60.9 Å². The number of ether oxygens (including phenoxy) is 4. The van der Waals surface area contributed by atoms with Crippen LogP contribution in [-0.4, -0.2) is 97.5 Å². The Bertz CT molecular complexity index is 3180. The van der Waals surface area contributed by atoms with E-state index in [9.17, 15) is 24.3 Å². The first-order chi connectivity index (χ1) is 40.4. The number of aliphatic carboxylic acids is 1. The standard InChI is InChI=1S/C33H39Cl2FN2O4.C25H25Cl2FN2O3.C7H15NO2.ClH/c1-31(2)9-11-32(12-10-31)16-23(26(39)14-19-4-6-21(18-41-3)42-17-19)27(22-8-13-37-29(35)28(22)36)33(32)24-7-5-20(34)15-25(24)38-30(33)40;1-23(2)6-8-24(9-7-23)12-15(21(31)32)18(14-5-10-29-20(27)19(14)28)25(24)16-4-3-13(26)11-17(16)30-22(25)33;1-9-5-7-3-2-6(8)4-10-7;/h5,7-8,13,15,19,21,23,27H,4,6,9-12,14,16-18H2,1-3H3,(H,38,40);3-5,10-11,15,18H,6-9,12H2,1-2H3,(H,30,33)(H,31,32);6-7H,2-5,8H2,1H3;1H/t19-,21-,23-,27-,33+;15-,18+,25?;6-,7+;/m011./s1. The van der Waals surface area contributed by atoms with Gasteiger partial charge in [0.2, 0.25) is 11.8 Å². The van der Waals surface area contributed by atoms with Crippen molar-refractivity contribution in [1.29, 1.82) is 0 Å². The molecule has 4 aromatic rings. The van der Waals surface area contributed by atoms with Gasteiger partial charge in [-0.1, -0.05) is 86.2 Å². The van der Waals surface area contributed by atoms with Crippen LogP contribution in [0.4, 0.5) is 20.2 Å². The molecule has 4 spiro atoms. The van der Waals surface area contributed by atoms with Crippen molar-refractivity contribution in [2.75, 3.05) is 51.3 Å². The van der Waals surface area contributed by atoms with Gasteiger partial charge >= 0.3 is 5.97 Å². The fraction of sp³-hybridized carbons (Fsp3) is 0.600. The molecule has 0 bridgehead atoms. The van der Waals surface area contributed by atoms with Crippen molar-refractivity contribution >= 4 is 93.8 Å². The van der Waals surface area contributed by atoms with Crippen molar-refractivity contribution in [2.45, 2.75) is 165 Å². The number of aromatic nitrogens is 2. The minimum atomic E-state index is -1.25. The Morgan fingerprint density at radius 2 is 1.08 bits per heavy atom. The van der Waals surface area contributed by atoms with E-state index >= 15 is 8.78 Å². The molecule has 6 fully saturated rings. The normalized spacial score (nSPS) is 30.5. The van der Waals surface area contributed by atoms with Gasteiger partial charge < -0.3 is 40.4 Å². The molecule has 10 atom stereocenters. The molecule has 4 saturated carbocycles.